The first-order valence-corrected chi connectivity index (χ1v) is 35.1. The van der Waals surface area contributed by atoms with Crippen LogP contribution in [0.3, 0.4) is 0 Å². The number of alkyl halides is 6. The maximum atomic E-state index is 10.5. The molecule has 0 aromatic heterocycles. The summed E-state index contributed by atoms with van der Waals surface area (Å²) in [7, 11) is -3.24. The maximum absolute atomic E-state index is 10.5. The van der Waals surface area contributed by atoms with Gasteiger partial charge in [0.1, 0.15) is 11.9 Å². The molecule has 0 unspecified atom stereocenters. The zero-order chi connectivity index (χ0) is 75.3. The number of aliphatic carboxylic acids is 2. The second-order valence-electron chi connectivity index (χ2n) is 20.5. The van der Waals surface area contributed by atoms with Crippen molar-refractivity contribution < 1.29 is 157 Å². The van der Waals surface area contributed by atoms with Gasteiger partial charge in [-0.15, -0.1) is 0 Å². The predicted molar refractivity (Wildman–Crippen MR) is 373 cm³/mol. The molecule has 0 fully saturated rings. The van der Waals surface area contributed by atoms with Crippen LogP contribution in [0.15, 0.2) is 291 Å². The van der Waals surface area contributed by atoms with E-state index in [0.29, 0.717) is 13.2 Å². The summed E-state index contributed by atoms with van der Waals surface area (Å²) in [6.45, 7) is 30.2. The Balaban J connectivity index is 0. The topological polar surface area (TPSA) is 225 Å². The van der Waals surface area contributed by atoms with E-state index in [-0.39, 0.29) is 85.8 Å². The van der Waals surface area contributed by atoms with Gasteiger partial charge in [0, 0.05) is 136 Å². The number of carboxylic acid groups (broad SMARTS) is 2. The molecule has 2 atom stereocenters. The van der Waals surface area contributed by atoms with Crippen molar-refractivity contribution in [2.75, 3.05) is 13.2 Å². The molecular weight excluding hydrogens is 1700 g/mol. The number of fused-ring (bicyclic) bond motifs is 2. The number of nitrogens with zero attached hydrogens (tertiary/aromatic N) is 2. The monoisotopic (exact) mass is 1770 g/mol. The van der Waals surface area contributed by atoms with E-state index in [1.807, 2.05) is 0 Å². The summed E-state index contributed by atoms with van der Waals surface area (Å²) in [5.74, 6) is -6.01. The van der Waals surface area contributed by atoms with E-state index < -0.39 is 56.7 Å². The smallest absolute Gasteiger partial charge is 0.0918 e. The van der Waals surface area contributed by atoms with Crippen LogP contribution >= 0.6 is 32.4 Å². The Kier molecular flexibility index (Phi) is 54.5. The number of carbonyl (C=O) groups excluding carboxylic acids is 2. The molecule has 12 rings (SSSR count). The summed E-state index contributed by atoms with van der Waals surface area (Å²) in [5.41, 5.74) is 5.74. The van der Waals surface area contributed by atoms with E-state index in [2.05, 4.69) is 340 Å². The molecule has 106 heavy (non-hydrogen) atoms. The molecule has 0 aliphatic carbocycles. The number of hydrogen-bond acceptors (Lipinski definition) is 8. The average molecular weight is 1770 g/mol. The Morgan fingerprint density at radius 2 is 0.491 bits per heavy atom. The van der Waals surface area contributed by atoms with E-state index in [1.54, 1.807) is 0 Å². The Morgan fingerprint density at radius 1 is 0.330 bits per heavy atom. The second-order valence-corrected chi connectivity index (χ2v) is 28.6. The van der Waals surface area contributed by atoms with Crippen molar-refractivity contribution in [2.24, 2.45) is 0 Å². The molecule has 0 spiro atoms. The largest absolute Gasteiger partial charge is 0.348 e. The van der Waals surface area contributed by atoms with Gasteiger partial charge in [0.2, 0.25) is 0 Å². The molecule has 550 valence electrons. The molecule has 2 radical (unpaired) electrons. The van der Waals surface area contributed by atoms with Gasteiger partial charge < -0.3 is 28.8 Å². The van der Waals surface area contributed by atoms with Crippen molar-refractivity contribution in [1.82, 2.24) is 9.34 Å². The van der Waals surface area contributed by atoms with E-state index in [0.717, 1.165) is 25.9 Å². The molecule has 2 aliphatic rings. The molecule has 28 heteroatoms. The van der Waals surface area contributed by atoms with Gasteiger partial charge in [0.25, 0.3) is 0 Å². The van der Waals surface area contributed by atoms with E-state index in [4.69, 9.17) is 56.8 Å². The van der Waals surface area contributed by atoms with E-state index in [1.165, 1.54) is 64.7 Å². The fraction of sp³-hybridized carbons (Fsp3) is 0.128. The van der Waals surface area contributed by atoms with Gasteiger partial charge in [-0.1, -0.05) is 291 Å². The number of benzene rings is 10. The number of hydrogen-bond donors (Lipinski definition) is 0. The van der Waals surface area contributed by atoms with E-state index >= 15 is 0 Å². The maximum Gasteiger partial charge on any atom is 0.0918 e. The fourth-order valence-corrected chi connectivity index (χ4v) is 19.0. The molecule has 2 heterocycles. The van der Waals surface area contributed by atoms with Crippen LogP contribution in [0.5, 0.6) is 0 Å². The minimum absolute atomic E-state index is 0. The van der Waals surface area contributed by atoms with E-state index in [9.17, 15) is 26.3 Å². The summed E-state index contributed by atoms with van der Waals surface area (Å²) < 4.78 is 127. The molecule has 0 amide bonds. The quantitative estimate of drug-likeness (QED) is 0.0297. The molecular formula is C78H62Cr2F6N2O12P4Rh2-2. The van der Waals surface area contributed by atoms with Crippen LogP contribution in [0.25, 0.3) is 0 Å². The number of carbonyl (C=O) groups is 2. The molecule has 10 aromatic rings. The third-order valence-electron chi connectivity index (χ3n) is 14.4. The molecule has 0 saturated carbocycles. The van der Waals surface area contributed by atoms with Crippen LogP contribution in [0, 0.1) is 39.9 Å². The molecule has 10 aromatic carbocycles. The van der Waals surface area contributed by atoms with Gasteiger partial charge in [-0.05, 0) is 56.3 Å². The van der Waals surface area contributed by atoms with Gasteiger partial charge in [-0.2, -0.15) is 26.3 Å². The summed E-state index contributed by atoms with van der Waals surface area (Å²) >= 11 is 0. The van der Waals surface area contributed by atoms with Crippen LogP contribution in [0.4, 0.5) is 26.3 Å². The Bertz CT molecular complexity index is 3690. The fourth-order valence-electron chi connectivity index (χ4n) is 10.2. The first-order chi connectivity index (χ1) is 49.6. The predicted octanol–water partition coefficient (Wildman–Crippen LogP) is 11.4. The second kappa shape index (κ2) is 57.2. The first-order valence-electron chi connectivity index (χ1n) is 29.9. The average Bonchev–Trinajstić information content (AvgIpc) is 0.783. The van der Waals surface area contributed by atoms with Crippen molar-refractivity contribution in [3.63, 3.8) is 0 Å². The SMILES string of the molecule is O=C([O-])C(F)(F)F.O=C([O-])C(F)(F)F.[C-]#[O+].[C-]#[O+].[C-]#[O+].[C-]#[O+].[C-]#[O+].[C-]#[O+].[Cr].[Cr].[Rh].[Rh].c1ccc(P(OC[C@@H]2Cc3ccccc3CN2P(c2ccccc2)c2ccccc2)c2ccccc2)cc1.c1ccc(P(OC[C@@H]2Cc3ccccc3CN2P(c2ccccc2)c2ccccc2)c2ccccc2)cc1. The Morgan fingerprint density at radius 3 is 0.670 bits per heavy atom. The van der Waals surface area contributed by atoms with Crippen molar-refractivity contribution in [2.45, 2.75) is 50.4 Å². The molecule has 0 N–H and O–H groups in total. The first kappa shape index (κ1) is 101. The third-order valence-corrected chi connectivity index (χ3v) is 23.4. The third kappa shape index (κ3) is 32.9. The van der Waals surface area contributed by atoms with Gasteiger partial charge >= 0.3 is 80.2 Å². The molecule has 0 saturated heterocycles. The van der Waals surface area contributed by atoms with Gasteiger partial charge in [0.15, 0.2) is 0 Å². The zero-order valence-corrected chi connectivity index (χ0v) is 64.8. The minimum atomic E-state index is -5.19. The number of rotatable bonds is 16. The summed E-state index contributed by atoms with van der Waals surface area (Å²) in [4.78, 5) is 17.6. The van der Waals surface area contributed by atoms with Crippen molar-refractivity contribution in [1.29, 1.82) is 0 Å². The van der Waals surface area contributed by atoms with Gasteiger partial charge in [-0.3, -0.25) is 9.34 Å². The normalized spacial score (nSPS) is 12.7. The van der Waals surface area contributed by atoms with Crippen molar-refractivity contribution >= 4 is 86.8 Å². The summed E-state index contributed by atoms with van der Waals surface area (Å²) in [6, 6.07) is 105. The number of halogens is 6. The Hall–Kier alpha value is -6.97. The standard InChI is InChI=1S/2C34H31NOP2.2C2HF3O2.6CO.2Cr.2Rh/c2*1-5-17-31(18-6-1)37(32-19-7-2-8-20-32)35-26-29-16-14-13-15-28(29)25-30(35)27-36-38(33-21-9-3-10-22-33)34-23-11-4-12-24-34;2*3-2(4,5)1(6)7;6*1-2;;;;/h2*1-24,30H,25-27H2;2*(H,6,7);;;;;;;;;;/p-2/t2*30-;;;;;;;;;;;;/m00............/s1. The number of carboxylic acids is 2. The Labute approximate surface area is 664 Å². The minimum Gasteiger partial charge on any atom is -0.348 e. The van der Waals surface area contributed by atoms with Crippen LogP contribution < -0.4 is 52.6 Å². The molecule has 14 nitrogen and oxygen atoms in total. The van der Waals surface area contributed by atoms with Crippen molar-refractivity contribution in [3.8, 4) is 0 Å². The van der Waals surface area contributed by atoms with Gasteiger partial charge in [0.05, 0.1) is 29.5 Å². The summed E-state index contributed by atoms with van der Waals surface area (Å²) in [5, 5.41) is 28.1. The van der Waals surface area contributed by atoms with Crippen LogP contribution in [0.1, 0.15) is 22.3 Å². The van der Waals surface area contributed by atoms with Gasteiger partial charge in [-0.25, -0.2) is 0 Å². The zero-order valence-electron chi connectivity index (χ0n) is 55.4. The molecule has 2 aliphatic heterocycles. The van der Waals surface area contributed by atoms with Crippen LogP contribution in [-0.2, 0) is 146 Å². The molecule has 0 bridgehead atoms. The van der Waals surface area contributed by atoms with Crippen LogP contribution in [0.2, 0.25) is 0 Å². The van der Waals surface area contributed by atoms with Crippen molar-refractivity contribution in [3.05, 3.63) is 353 Å². The summed E-state index contributed by atoms with van der Waals surface area (Å²) in [6.07, 6.45) is -8.41. The van der Waals surface area contributed by atoms with Crippen LogP contribution in [-0.4, -0.2) is 58.9 Å².